The summed E-state index contributed by atoms with van der Waals surface area (Å²) >= 11 is 0. The first-order valence-electron chi connectivity index (χ1n) is 7.33. The normalized spacial score (nSPS) is 43.0. The van der Waals surface area contributed by atoms with E-state index in [-0.39, 0.29) is 23.9 Å². The molecule has 3 aliphatic rings. The van der Waals surface area contributed by atoms with Gasteiger partial charge in [0.05, 0.1) is 5.92 Å². The lowest BCUT2D eigenvalue weighted by molar-refractivity contribution is -0.144. The van der Waals surface area contributed by atoms with E-state index in [2.05, 4.69) is 17.6 Å². The van der Waals surface area contributed by atoms with Gasteiger partial charge in [-0.1, -0.05) is 6.92 Å². The monoisotopic (exact) mass is 266 g/mol. The van der Waals surface area contributed by atoms with Crippen LogP contribution in [0, 0.1) is 29.6 Å². The first-order valence-corrected chi connectivity index (χ1v) is 7.33. The van der Waals surface area contributed by atoms with E-state index in [4.69, 9.17) is 0 Å². The molecule has 0 aliphatic heterocycles. The van der Waals surface area contributed by atoms with Crippen LogP contribution in [0.3, 0.4) is 0 Å². The van der Waals surface area contributed by atoms with E-state index in [1.54, 1.807) is 0 Å². The number of aliphatic carboxylic acids is 1. The molecule has 0 aromatic heterocycles. The van der Waals surface area contributed by atoms with Crippen LogP contribution in [0.5, 0.6) is 0 Å². The van der Waals surface area contributed by atoms with Crippen LogP contribution in [-0.4, -0.2) is 29.7 Å². The Morgan fingerprint density at radius 2 is 1.89 bits per heavy atom. The van der Waals surface area contributed by atoms with Crippen molar-refractivity contribution >= 4 is 12.0 Å². The summed E-state index contributed by atoms with van der Waals surface area (Å²) in [4.78, 5) is 23.2. The summed E-state index contributed by atoms with van der Waals surface area (Å²) in [5.41, 5.74) is 0. The molecule has 5 nitrogen and oxygen atoms in total. The molecule has 0 radical (unpaired) electrons. The zero-order valence-electron chi connectivity index (χ0n) is 11.3. The van der Waals surface area contributed by atoms with Crippen molar-refractivity contribution in [2.24, 2.45) is 29.6 Å². The molecule has 3 fully saturated rings. The van der Waals surface area contributed by atoms with Crippen molar-refractivity contribution in [1.29, 1.82) is 0 Å². The quantitative estimate of drug-likeness (QED) is 0.720. The number of carboxylic acids is 1. The van der Waals surface area contributed by atoms with Gasteiger partial charge in [0.1, 0.15) is 0 Å². The molecule has 6 unspecified atom stereocenters. The third kappa shape index (κ3) is 2.42. The molecule has 2 bridgehead atoms. The average molecular weight is 266 g/mol. The largest absolute Gasteiger partial charge is 0.481 e. The van der Waals surface area contributed by atoms with Crippen molar-refractivity contribution < 1.29 is 14.7 Å². The minimum atomic E-state index is -0.756. The van der Waals surface area contributed by atoms with Crippen molar-refractivity contribution in [3.8, 4) is 0 Å². The lowest BCUT2D eigenvalue weighted by atomic mass is 9.84. The van der Waals surface area contributed by atoms with Gasteiger partial charge in [0.15, 0.2) is 0 Å². The highest BCUT2D eigenvalue weighted by molar-refractivity contribution is 5.77. The molecule has 3 N–H and O–H groups in total. The number of fused-ring (bicyclic) bond motifs is 2. The van der Waals surface area contributed by atoms with Crippen LogP contribution in [0.15, 0.2) is 0 Å². The number of carboxylic acid groups (broad SMARTS) is 1. The highest BCUT2D eigenvalue weighted by atomic mass is 16.4. The molecule has 3 rings (SSSR count). The van der Waals surface area contributed by atoms with Gasteiger partial charge in [-0.2, -0.15) is 0 Å². The van der Waals surface area contributed by atoms with Crippen LogP contribution in [0.1, 0.15) is 32.6 Å². The number of hydrogen-bond donors (Lipinski definition) is 3. The van der Waals surface area contributed by atoms with Crippen LogP contribution in [0.4, 0.5) is 4.79 Å². The van der Waals surface area contributed by atoms with Gasteiger partial charge in [-0.05, 0) is 49.4 Å². The van der Waals surface area contributed by atoms with Gasteiger partial charge in [-0.3, -0.25) is 4.79 Å². The Labute approximate surface area is 113 Å². The summed E-state index contributed by atoms with van der Waals surface area (Å²) in [6.07, 6.45) is 4.20. The zero-order chi connectivity index (χ0) is 13.6. The molecule has 0 heterocycles. The topological polar surface area (TPSA) is 78.4 Å². The Kier molecular flexibility index (Phi) is 3.15. The number of amides is 2. The Hall–Kier alpha value is -1.26. The standard InChI is InChI=1S/C14H22N2O3/c1-7-4-10(7)6-15-14(19)16-12-9-3-2-8(5-9)11(12)13(17)18/h7-12H,2-6H2,1H3,(H,17,18)(H2,15,16,19). The Morgan fingerprint density at radius 1 is 1.21 bits per heavy atom. The Morgan fingerprint density at radius 3 is 2.53 bits per heavy atom. The van der Waals surface area contributed by atoms with Gasteiger partial charge >= 0.3 is 12.0 Å². The van der Waals surface area contributed by atoms with E-state index in [9.17, 15) is 14.7 Å². The molecule has 106 valence electrons. The number of hydrogen-bond acceptors (Lipinski definition) is 2. The van der Waals surface area contributed by atoms with Gasteiger partial charge in [0.2, 0.25) is 0 Å². The molecular weight excluding hydrogens is 244 g/mol. The molecule has 19 heavy (non-hydrogen) atoms. The summed E-state index contributed by atoms with van der Waals surface area (Å²) < 4.78 is 0. The van der Waals surface area contributed by atoms with Crippen molar-refractivity contribution in [1.82, 2.24) is 10.6 Å². The molecule has 2 amide bonds. The second-order valence-electron chi connectivity index (χ2n) is 6.55. The summed E-state index contributed by atoms with van der Waals surface area (Å²) in [5, 5.41) is 15.1. The van der Waals surface area contributed by atoms with E-state index in [1.165, 1.54) is 6.42 Å². The third-order valence-electron chi connectivity index (χ3n) is 5.30. The highest BCUT2D eigenvalue weighted by Gasteiger charge is 2.51. The average Bonchev–Trinajstić information content (AvgIpc) is 2.77. The molecule has 5 heteroatoms. The lowest BCUT2D eigenvalue weighted by Gasteiger charge is -2.28. The van der Waals surface area contributed by atoms with Crippen LogP contribution >= 0.6 is 0 Å². The maximum absolute atomic E-state index is 11.9. The second kappa shape index (κ2) is 4.69. The number of rotatable bonds is 4. The van der Waals surface area contributed by atoms with Crippen molar-refractivity contribution in [3.05, 3.63) is 0 Å². The third-order valence-corrected chi connectivity index (χ3v) is 5.30. The molecule has 0 spiro atoms. The van der Waals surface area contributed by atoms with Crippen LogP contribution in [-0.2, 0) is 4.79 Å². The van der Waals surface area contributed by atoms with E-state index in [0.29, 0.717) is 18.4 Å². The first kappa shape index (κ1) is 12.8. The summed E-state index contributed by atoms with van der Waals surface area (Å²) in [6, 6.07) is -0.365. The fraction of sp³-hybridized carbons (Fsp3) is 0.857. The molecule has 0 saturated heterocycles. The zero-order valence-corrected chi connectivity index (χ0v) is 11.3. The summed E-state index contributed by atoms with van der Waals surface area (Å²) in [6.45, 7) is 2.90. The predicted molar refractivity (Wildman–Crippen MR) is 69.6 cm³/mol. The fourth-order valence-corrected chi connectivity index (χ4v) is 3.96. The van der Waals surface area contributed by atoms with Crippen molar-refractivity contribution in [2.75, 3.05) is 6.54 Å². The molecule has 3 saturated carbocycles. The molecule has 0 aromatic carbocycles. The molecular formula is C14H22N2O3. The number of carbonyl (C=O) groups excluding carboxylic acids is 1. The predicted octanol–water partition coefficient (Wildman–Crippen LogP) is 1.44. The van der Waals surface area contributed by atoms with Crippen molar-refractivity contribution in [3.63, 3.8) is 0 Å². The van der Waals surface area contributed by atoms with Crippen LogP contribution in [0.2, 0.25) is 0 Å². The Bertz CT molecular complexity index is 398. The van der Waals surface area contributed by atoms with E-state index in [0.717, 1.165) is 25.2 Å². The van der Waals surface area contributed by atoms with Crippen molar-refractivity contribution in [2.45, 2.75) is 38.6 Å². The molecule has 6 atom stereocenters. The van der Waals surface area contributed by atoms with Gasteiger partial charge in [-0.25, -0.2) is 4.79 Å². The molecule has 3 aliphatic carbocycles. The second-order valence-corrected chi connectivity index (χ2v) is 6.55. The Balaban J connectivity index is 1.53. The van der Waals surface area contributed by atoms with Crippen LogP contribution < -0.4 is 10.6 Å². The summed E-state index contributed by atoms with van der Waals surface area (Å²) in [7, 11) is 0. The fourth-order valence-electron chi connectivity index (χ4n) is 3.96. The smallest absolute Gasteiger partial charge is 0.315 e. The van der Waals surface area contributed by atoms with Gasteiger partial charge in [-0.15, -0.1) is 0 Å². The molecule has 0 aromatic rings. The highest BCUT2D eigenvalue weighted by Crippen LogP contribution is 2.48. The lowest BCUT2D eigenvalue weighted by Crippen LogP contribution is -2.50. The SMILES string of the molecule is CC1CC1CNC(=O)NC1C2CCC(C2)C1C(=O)O. The van der Waals surface area contributed by atoms with E-state index >= 15 is 0 Å². The van der Waals surface area contributed by atoms with Crippen LogP contribution in [0.25, 0.3) is 0 Å². The summed E-state index contributed by atoms with van der Waals surface area (Å²) in [5.74, 6) is 0.807. The van der Waals surface area contributed by atoms with E-state index in [1.807, 2.05) is 0 Å². The maximum atomic E-state index is 11.9. The number of urea groups is 1. The maximum Gasteiger partial charge on any atom is 0.315 e. The minimum Gasteiger partial charge on any atom is -0.481 e. The minimum absolute atomic E-state index is 0.173. The first-order chi connectivity index (χ1) is 9.06. The number of nitrogens with one attached hydrogen (secondary N) is 2. The number of carbonyl (C=O) groups is 2. The van der Waals surface area contributed by atoms with E-state index < -0.39 is 5.97 Å². The van der Waals surface area contributed by atoms with Gasteiger partial charge < -0.3 is 15.7 Å². The van der Waals surface area contributed by atoms with Gasteiger partial charge in [0, 0.05) is 12.6 Å². The van der Waals surface area contributed by atoms with Gasteiger partial charge in [0.25, 0.3) is 0 Å².